The first-order valence-electron chi connectivity index (χ1n) is 31.0. The van der Waals surface area contributed by atoms with E-state index in [1.54, 1.807) is 0 Å². The van der Waals surface area contributed by atoms with Gasteiger partial charge in [-0.3, -0.25) is 0 Å². The highest BCUT2D eigenvalue weighted by Crippen LogP contribution is 2.52. The summed E-state index contributed by atoms with van der Waals surface area (Å²) in [6.07, 6.45) is 0. The van der Waals surface area contributed by atoms with E-state index in [1.165, 1.54) is 101 Å². The van der Waals surface area contributed by atoms with Gasteiger partial charge in [0.15, 0.2) is 7.14 Å². The van der Waals surface area contributed by atoms with Crippen LogP contribution in [-0.2, 0) is 4.57 Å². The molecule has 0 atom stereocenters. The highest BCUT2D eigenvalue weighted by atomic mass is 31.2. The minimum atomic E-state index is -3.88. The van der Waals surface area contributed by atoms with Crippen LogP contribution in [0.5, 0.6) is 0 Å². The van der Waals surface area contributed by atoms with Crippen LogP contribution >= 0.6 is 7.14 Å². The molecule has 0 saturated heterocycles. The molecule has 89 heavy (non-hydrogen) atoms. The second-order valence-electron chi connectivity index (χ2n) is 24.3. The molecule has 0 spiro atoms. The summed E-state index contributed by atoms with van der Waals surface area (Å²) >= 11 is 0. The molecule has 0 aliphatic rings. The Morgan fingerprint density at radius 3 is 0.551 bits per heavy atom. The molecule has 0 unspecified atom stereocenters. The molecule has 0 aliphatic carbocycles. The third-order valence-corrected chi connectivity index (χ3v) is 21.2. The average molecular weight is 1180 g/mol. The topological polar surface area (TPSA) is 26.8 Å². The predicted molar refractivity (Wildman–Crippen MR) is 383 cm³/mol. The second kappa shape index (κ2) is 24.8. The minimum Gasteiger partial charge on any atom is -0.309 e. The molecule has 0 amide bonds. The molecular weight excluding hydrogens is 1100 g/mol. The van der Waals surface area contributed by atoms with Crippen molar-refractivity contribution in [2.75, 3.05) is 14.7 Å². The van der Waals surface area contributed by atoms with Crippen LogP contribution in [0.4, 0.5) is 51.2 Å². The number of para-hydroxylation sites is 6. The van der Waals surface area contributed by atoms with Crippen LogP contribution in [0.25, 0.3) is 33.4 Å². The van der Waals surface area contributed by atoms with Crippen LogP contribution < -0.4 is 30.6 Å². The Labute approximate surface area is 528 Å². The molecule has 0 heterocycles. The molecule has 0 N–H and O–H groups in total. The van der Waals surface area contributed by atoms with Gasteiger partial charge >= 0.3 is 0 Å². The van der Waals surface area contributed by atoms with Crippen molar-refractivity contribution in [3.63, 3.8) is 0 Å². The van der Waals surface area contributed by atoms with Gasteiger partial charge in [-0.1, -0.05) is 218 Å². The third kappa shape index (κ3) is 11.0. The van der Waals surface area contributed by atoms with Crippen LogP contribution in [-0.4, -0.2) is 0 Å². The molecule has 12 aromatic rings. The number of benzene rings is 12. The van der Waals surface area contributed by atoms with E-state index in [0.717, 1.165) is 66.4 Å². The standard InChI is InChI=1S/C84H78N3OP/c1-55-25-19-26-56(2)79(55)85(80-57(3)27-20-28-58(80)4)70-49-43-67(44-50-70)73-37-13-16-40-76(73)89(88,77-41-17-14-38-74(77)68-45-51-71(52-46-68)86(81-59(5)29-21-30-60(81)6)82-61(7)31-22-32-62(82)8)78-42-18-15-39-75(78)69-47-53-72(54-48-69)87(83-63(9)33-23-34-64(83)10)84-65(11)35-24-36-66(84)12/h13-54H,1-12H3. The number of hydrogen-bond acceptors (Lipinski definition) is 4. The van der Waals surface area contributed by atoms with Crippen molar-refractivity contribution in [3.8, 4) is 33.4 Å². The van der Waals surface area contributed by atoms with Gasteiger partial charge in [-0.25, -0.2) is 0 Å². The third-order valence-electron chi connectivity index (χ3n) is 18.0. The molecule has 12 aromatic carbocycles. The molecule has 0 radical (unpaired) electrons. The maximum absolute atomic E-state index is 18.3. The van der Waals surface area contributed by atoms with Crippen LogP contribution in [0, 0.1) is 83.1 Å². The molecular formula is C84H78N3OP. The van der Waals surface area contributed by atoms with Crippen LogP contribution in [0.2, 0.25) is 0 Å². The summed E-state index contributed by atoms with van der Waals surface area (Å²) in [6, 6.07) is 91.2. The molecule has 4 nitrogen and oxygen atoms in total. The smallest absolute Gasteiger partial charge is 0.172 e. The van der Waals surface area contributed by atoms with E-state index in [-0.39, 0.29) is 0 Å². The molecule has 5 heteroatoms. The number of aryl methyl sites for hydroxylation is 12. The van der Waals surface area contributed by atoms with Crippen LogP contribution in [0.1, 0.15) is 66.8 Å². The van der Waals surface area contributed by atoms with E-state index in [1.807, 2.05) is 0 Å². The fourth-order valence-electron chi connectivity index (χ4n) is 13.8. The summed E-state index contributed by atoms with van der Waals surface area (Å²) in [5.74, 6) is 0. The average Bonchev–Trinajstić information content (AvgIpc) is 0.757. The molecule has 12 rings (SSSR count). The van der Waals surface area contributed by atoms with Gasteiger partial charge in [0.1, 0.15) is 0 Å². The summed E-state index contributed by atoms with van der Waals surface area (Å²) in [5, 5.41) is 2.32. The van der Waals surface area contributed by atoms with Crippen molar-refractivity contribution in [2.45, 2.75) is 83.1 Å². The SMILES string of the molecule is Cc1cccc(C)c1N(c1ccc(-c2ccccc2P(=O)(c2ccccc2-c2ccc(N(c3c(C)cccc3C)c3c(C)cccc3C)cc2)c2ccccc2-c2ccc(N(c3c(C)cccc3C)c3c(C)cccc3C)cc2)cc1)c1c(C)cccc1C. The Bertz CT molecular complexity index is 3920. The van der Waals surface area contributed by atoms with Gasteiger partial charge in [0.05, 0.1) is 34.1 Å². The predicted octanol–water partition coefficient (Wildman–Crippen LogP) is 22.4. The Kier molecular flexibility index (Phi) is 16.6. The maximum atomic E-state index is 18.3. The van der Waals surface area contributed by atoms with Crippen LogP contribution in [0.15, 0.2) is 255 Å². The molecule has 0 saturated carbocycles. The summed E-state index contributed by atoms with van der Waals surface area (Å²) in [4.78, 5) is 7.27. The van der Waals surface area contributed by atoms with E-state index in [0.29, 0.717) is 0 Å². The van der Waals surface area contributed by atoms with Crippen molar-refractivity contribution in [2.24, 2.45) is 0 Å². The van der Waals surface area contributed by atoms with Gasteiger partial charge in [0, 0.05) is 33.0 Å². The first-order valence-corrected chi connectivity index (χ1v) is 32.7. The number of hydrogen-bond donors (Lipinski definition) is 0. The Hall–Kier alpha value is -9.73. The largest absolute Gasteiger partial charge is 0.309 e. The lowest BCUT2D eigenvalue weighted by Gasteiger charge is -2.32. The van der Waals surface area contributed by atoms with E-state index in [2.05, 4.69) is 353 Å². The zero-order valence-corrected chi connectivity index (χ0v) is 54.3. The molecule has 0 bridgehead atoms. The monoisotopic (exact) mass is 1180 g/mol. The fourth-order valence-corrected chi connectivity index (χ4v) is 17.1. The fraction of sp³-hybridized carbons (Fsp3) is 0.143. The Balaban J connectivity index is 1.05. The van der Waals surface area contributed by atoms with Gasteiger partial charge in [0.25, 0.3) is 0 Å². The lowest BCUT2D eigenvalue weighted by atomic mass is 10.0. The normalized spacial score (nSPS) is 11.4. The van der Waals surface area contributed by atoms with Gasteiger partial charge < -0.3 is 19.3 Å². The lowest BCUT2D eigenvalue weighted by Crippen LogP contribution is -2.29. The van der Waals surface area contributed by atoms with E-state index in [9.17, 15) is 0 Å². The van der Waals surface area contributed by atoms with Crippen molar-refractivity contribution >= 4 is 74.2 Å². The highest BCUT2D eigenvalue weighted by Gasteiger charge is 2.37. The van der Waals surface area contributed by atoms with Crippen LogP contribution in [0.3, 0.4) is 0 Å². The summed E-state index contributed by atoms with van der Waals surface area (Å²) < 4.78 is 18.3. The first kappa shape index (κ1) is 59.6. The quantitative estimate of drug-likeness (QED) is 0.0956. The zero-order chi connectivity index (χ0) is 62.3. The van der Waals surface area contributed by atoms with Crippen molar-refractivity contribution in [1.82, 2.24) is 0 Å². The summed E-state index contributed by atoms with van der Waals surface area (Å²) in [5.41, 5.74) is 30.2. The number of nitrogens with zero attached hydrogens (tertiary/aromatic N) is 3. The number of anilines is 9. The molecule has 0 aliphatic heterocycles. The van der Waals surface area contributed by atoms with Gasteiger partial charge in [-0.2, -0.15) is 0 Å². The summed E-state index contributed by atoms with van der Waals surface area (Å²) in [7, 11) is -3.88. The van der Waals surface area contributed by atoms with Crippen molar-refractivity contribution in [1.29, 1.82) is 0 Å². The first-order chi connectivity index (χ1) is 43.0. The highest BCUT2D eigenvalue weighted by molar-refractivity contribution is 7.86. The minimum absolute atomic E-state index is 0.773. The van der Waals surface area contributed by atoms with Crippen molar-refractivity contribution in [3.05, 3.63) is 322 Å². The summed E-state index contributed by atoms with van der Waals surface area (Å²) in [6.45, 7) is 26.4. The van der Waals surface area contributed by atoms with E-state index < -0.39 is 7.14 Å². The van der Waals surface area contributed by atoms with E-state index in [4.69, 9.17) is 0 Å². The maximum Gasteiger partial charge on any atom is 0.172 e. The van der Waals surface area contributed by atoms with E-state index >= 15 is 4.57 Å². The van der Waals surface area contributed by atoms with Gasteiger partial charge in [0.2, 0.25) is 0 Å². The van der Waals surface area contributed by atoms with Crippen molar-refractivity contribution < 1.29 is 4.57 Å². The second-order valence-corrected chi connectivity index (χ2v) is 26.9. The lowest BCUT2D eigenvalue weighted by molar-refractivity contribution is 0.592. The molecule has 440 valence electrons. The zero-order valence-electron chi connectivity index (χ0n) is 53.4. The van der Waals surface area contributed by atoms with Gasteiger partial charge in [-0.15, -0.1) is 0 Å². The molecule has 0 fully saturated rings. The number of rotatable bonds is 15. The Morgan fingerprint density at radius 2 is 0.371 bits per heavy atom. The molecule has 0 aromatic heterocycles. The van der Waals surface area contributed by atoms with Gasteiger partial charge in [-0.05, 0) is 220 Å². The Morgan fingerprint density at radius 1 is 0.202 bits per heavy atom.